The van der Waals surface area contributed by atoms with Gasteiger partial charge in [-0.2, -0.15) is 0 Å². The van der Waals surface area contributed by atoms with Gasteiger partial charge >= 0.3 is 65.1 Å². The molecule has 0 bridgehead atoms. The second kappa shape index (κ2) is 20.4. The van der Waals surface area contributed by atoms with E-state index in [0.29, 0.717) is 0 Å². The minimum atomic E-state index is -0.762. The van der Waals surface area contributed by atoms with E-state index in [1.165, 1.54) is 57.8 Å². The summed E-state index contributed by atoms with van der Waals surface area (Å²) >= 11 is 0. The van der Waals surface area contributed by atoms with Gasteiger partial charge in [0.2, 0.25) is 0 Å². The number of carbonyl (C=O) groups is 1. The van der Waals surface area contributed by atoms with Gasteiger partial charge in [-0.25, -0.2) is 0 Å². The van der Waals surface area contributed by atoms with Crippen LogP contribution in [0.2, 0.25) is 0 Å². The van der Waals surface area contributed by atoms with Crippen molar-refractivity contribution in [2.24, 2.45) is 0 Å². The zero-order valence-corrected chi connectivity index (χ0v) is 18.2. The Labute approximate surface area is 172 Å². The van der Waals surface area contributed by atoms with Gasteiger partial charge in [0.1, 0.15) is 6.04 Å². The summed E-state index contributed by atoms with van der Waals surface area (Å²) in [5.74, 6) is -0.762. The van der Waals surface area contributed by atoms with Gasteiger partial charge in [0, 0.05) is 0 Å². The number of nitrogens with one attached hydrogen (secondary N) is 1. The fraction of sp³-hybridized carbons (Fsp3) is 0.933. The second-order valence-electron chi connectivity index (χ2n) is 5.20. The van der Waals surface area contributed by atoms with Crippen LogP contribution in [0.3, 0.4) is 0 Å². The molecule has 0 heterocycles. The molecule has 0 aliphatic heterocycles. The van der Waals surface area contributed by atoms with Crippen molar-refractivity contribution in [3.8, 4) is 0 Å². The molecule has 0 aromatic carbocycles. The van der Waals surface area contributed by atoms with Gasteiger partial charge in [-0.1, -0.05) is 64.7 Å². The molecule has 5 heteroatoms. The van der Waals surface area contributed by atoms with Crippen LogP contribution < -0.4 is 64.4 Å². The number of aliphatic carboxylic acids is 1. The van der Waals surface area contributed by atoms with Gasteiger partial charge in [0.25, 0.3) is 0 Å². The van der Waals surface area contributed by atoms with Crippen molar-refractivity contribution in [1.82, 2.24) is 5.32 Å². The van der Waals surface area contributed by atoms with Crippen LogP contribution in [0.4, 0.5) is 0 Å². The number of carboxylic acid groups (broad SMARTS) is 1. The Hall–Kier alpha value is 1.43. The SMILES string of the molecule is CCCCCCCCCCCCNC(C)C(=O)O.[H-].[H-].[Na+].[Na+]. The Morgan fingerprint density at radius 1 is 0.950 bits per heavy atom. The van der Waals surface area contributed by atoms with E-state index in [0.717, 1.165) is 13.0 Å². The number of carboxylic acids is 1. The molecule has 0 rings (SSSR count). The maximum atomic E-state index is 10.5. The first-order valence-corrected chi connectivity index (χ1v) is 7.64. The number of hydrogen-bond acceptors (Lipinski definition) is 2. The molecule has 0 saturated carbocycles. The topological polar surface area (TPSA) is 49.3 Å². The summed E-state index contributed by atoms with van der Waals surface area (Å²) in [6, 6.07) is -0.413. The van der Waals surface area contributed by atoms with E-state index in [2.05, 4.69) is 12.2 Å². The Kier molecular flexibility index (Phi) is 26.9. The molecule has 3 nitrogen and oxygen atoms in total. The summed E-state index contributed by atoms with van der Waals surface area (Å²) in [5, 5.41) is 11.7. The number of rotatable bonds is 13. The molecule has 1 unspecified atom stereocenters. The fourth-order valence-corrected chi connectivity index (χ4v) is 2.02. The van der Waals surface area contributed by atoms with E-state index in [9.17, 15) is 4.79 Å². The Morgan fingerprint density at radius 3 is 1.75 bits per heavy atom. The molecule has 112 valence electrons. The van der Waals surface area contributed by atoms with Crippen LogP contribution in [0.15, 0.2) is 0 Å². The third kappa shape index (κ3) is 19.4. The van der Waals surface area contributed by atoms with E-state index in [-0.39, 0.29) is 62.0 Å². The van der Waals surface area contributed by atoms with Gasteiger partial charge in [-0.15, -0.1) is 0 Å². The van der Waals surface area contributed by atoms with Crippen molar-refractivity contribution in [2.75, 3.05) is 6.54 Å². The minimum Gasteiger partial charge on any atom is -1.00 e. The fourth-order valence-electron chi connectivity index (χ4n) is 2.02. The van der Waals surface area contributed by atoms with Gasteiger partial charge in [0.05, 0.1) is 0 Å². The van der Waals surface area contributed by atoms with Crippen molar-refractivity contribution in [2.45, 2.75) is 84.1 Å². The van der Waals surface area contributed by atoms with Crippen LogP contribution >= 0.6 is 0 Å². The molecule has 0 spiro atoms. The van der Waals surface area contributed by atoms with Crippen molar-refractivity contribution in [1.29, 1.82) is 0 Å². The second-order valence-corrected chi connectivity index (χ2v) is 5.20. The molecule has 1 atom stereocenters. The molecule has 2 N–H and O–H groups in total. The molecular formula is C15H33NNa2O2. The van der Waals surface area contributed by atoms with E-state index in [4.69, 9.17) is 5.11 Å². The standard InChI is InChI=1S/C15H31NO2.2Na.2H/c1-3-4-5-6-7-8-9-10-11-12-13-16-14(2)15(17)18;;;;/h14,16H,3-13H2,1-2H3,(H,17,18);;;;/q;2*+1;2*-1. The quantitative estimate of drug-likeness (QED) is 0.312. The first-order chi connectivity index (χ1) is 8.68. The first-order valence-electron chi connectivity index (χ1n) is 7.64. The van der Waals surface area contributed by atoms with Gasteiger partial charge in [-0.05, 0) is 19.9 Å². The van der Waals surface area contributed by atoms with Crippen LogP contribution in [-0.2, 0) is 4.79 Å². The van der Waals surface area contributed by atoms with Gasteiger partial charge < -0.3 is 13.3 Å². The normalized spacial score (nSPS) is 11.3. The molecule has 0 fully saturated rings. The van der Waals surface area contributed by atoms with Gasteiger partial charge in [0.15, 0.2) is 0 Å². The van der Waals surface area contributed by atoms with Gasteiger partial charge in [-0.3, -0.25) is 4.79 Å². The summed E-state index contributed by atoms with van der Waals surface area (Å²) < 4.78 is 0. The van der Waals surface area contributed by atoms with Crippen LogP contribution in [0.1, 0.15) is 80.9 Å². The predicted molar refractivity (Wildman–Crippen MR) is 79.2 cm³/mol. The van der Waals surface area contributed by atoms with Crippen molar-refractivity contribution in [3.05, 3.63) is 0 Å². The van der Waals surface area contributed by atoms with E-state index >= 15 is 0 Å². The third-order valence-corrected chi connectivity index (χ3v) is 3.35. The molecule has 0 saturated heterocycles. The summed E-state index contributed by atoms with van der Waals surface area (Å²) in [5.41, 5.74) is 0. The summed E-state index contributed by atoms with van der Waals surface area (Å²) in [7, 11) is 0. The maximum absolute atomic E-state index is 10.5. The Morgan fingerprint density at radius 2 is 1.35 bits per heavy atom. The van der Waals surface area contributed by atoms with Crippen LogP contribution in [0.5, 0.6) is 0 Å². The molecule has 0 amide bonds. The summed E-state index contributed by atoms with van der Waals surface area (Å²) in [4.78, 5) is 10.5. The zero-order chi connectivity index (χ0) is 13.6. The summed E-state index contributed by atoms with van der Waals surface area (Å²) in [6.07, 6.45) is 13.2. The van der Waals surface area contributed by atoms with Crippen molar-refractivity contribution in [3.63, 3.8) is 0 Å². The molecule has 0 aromatic heterocycles. The minimum absolute atomic E-state index is 0. The Balaban J connectivity index is -0.000000241. The zero-order valence-electron chi connectivity index (χ0n) is 16.2. The van der Waals surface area contributed by atoms with E-state index in [1.807, 2.05) is 0 Å². The number of unbranched alkanes of at least 4 members (excludes halogenated alkanes) is 9. The van der Waals surface area contributed by atoms with Crippen LogP contribution in [0.25, 0.3) is 0 Å². The van der Waals surface area contributed by atoms with Crippen molar-refractivity contribution >= 4 is 5.97 Å². The molecule has 0 radical (unpaired) electrons. The van der Waals surface area contributed by atoms with Crippen molar-refractivity contribution < 1.29 is 71.9 Å². The average molecular weight is 305 g/mol. The molecule has 0 aromatic rings. The maximum Gasteiger partial charge on any atom is 1.00 e. The number of hydrogen-bond donors (Lipinski definition) is 2. The van der Waals surface area contributed by atoms with Crippen LogP contribution in [0, 0.1) is 0 Å². The predicted octanol–water partition coefficient (Wildman–Crippen LogP) is -1.80. The Bertz CT molecular complexity index is 214. The van der Waals surface area contributed by atoms with E-state index < -0.39 is 12.0 Å². The average Bonchev–Trinajstić information content (AvgIpc) is 2.35. The monoisotopic (exact) mass is 305 g/mol. The molecule has 0 aliphatic carbocycles. The van der Waals surface area contributed by atoms with Crippen LogP contribution in [-0.4, -0.2) is 23.7 Å². The van der Waals surface area contributed by atoms with E-state index in [1.54, 1.807) is 6.92 Å². The molecular weight excluding hydrogens is 272 g/mol. The summed E-state index contributed by atoms with van der Waals surface area (Å²) in [6.45, 7) is 4.77. The molecule has 0 aliphatic rings. The smallest absolute Gasteiger partial charge is 1.00 e. The third-order valence-electron chi connectivity index (χ3n) is 3.35. The first kappa shape index (κ1) is 26.3. The largest absolute Gasteiger partial charge is 1.00 e. The molecule has 20 heavy (non-hydrogen) atoms.